The minimum atomic E-state index is -0.640. The van der Waals surface area contributed by atoms with Gasteiger partial charge < -0.3 is 10.3 Å². The second-order valence-corrected chi connectivity index (χ2v) is 4.05. The lowest BCUT2D eigenvalue weighted by atomic mass is 10.3. The lowest BCUT2D eigenvalue weighted by Crippen LogP contribution is -2.05. The van der Waals surface area contributed by atoms with Gasteiger partial charge in [0.2, 0.25) is 0 Å². The predicted octanol–water partition coefficient (Wildman–Crippen LogP) is 3.06. The molecule has 2 N–H and O–H groups in total. The highest BCUT2D eigenvalue weighted by atomic mass is 79.9. The molecule has 1 heterocycles. The molecule has 16 heavy (non-hydrogen) atoms. The van der Waals surface area contributed by atoms with Crippen LogP contribution in [0.25, 0.3) is 0 Å². The van der Waals surface area contributed by atoms with Crippen molar-refractivity contribution in [1.29, 1.82) is 0 Å². The van der Waals surface area contributed by atoms with Crippen molar-refractivity contribution in [3.63, 3.8) is 0 Å². The number of imidazole rings is 1. The Morgan fingerprint density at radius 3 is 2.56 bits per heavy atom. The van der Waals surface area contributed by atoms with Crippen LogP contribution in [0.4, 0.5) is 14.5 Å². The molecule has 1 aromatic heterocycles. The van der Waals surface area contributed by atoms with Crippen LogP contribution in [0, 0.1) is 11.6 Å². The molecule has 6 heteroatoms. The highest BCUT2D eigenvalue weighted by Gasteiger charge is 2.10. The molecule has 3 nitrogen and oxygen atoms in total. The maximum absolute atomic E-state index is 13.4. The van der Waals surface area contributed by atoms with E-state index in [9.17, 15) is 8.78 Å². The van der Waals surface area contributed by atoms with Crippen LogP contribution in [0.5, 0.6) is 0 Å². The highest BCUT2D eigenvalue weighted by Crippen LogP contribution is 2.23. The summed E-state index contributed by atoms with van der Waals surface area (Å²) in [6.07, 6.45) is 3.22. The summed E-state index contributed by atoms with van der Waals surface area (Å²) in [4.78, 5) is 6.77. The Morgan fingerprint density at radius 2 is 2.00 bits per heavy atom. The van der Waals surface area contributed by atoms with Crippen LogP contribution in [0.1, 0.15) is 5.82 Å². The normalized spacial score (nSPS) is 10.4. The molecule has 0 aliphatic rings. The monoisotopic (exact) mass is 287 g/mol. The minimum absolute atomic E-state index is 0.153. The first kappa shape index (κ1) is 11.1. The zero-order chi connectivity index (χ0) is 11.5. The Morgan fingerprint density at radius 1 is 1.31 bits per heavy atom. The molecule has 0 aliphatic carbocycles. The molecule has 84 valence electrons. The molecule has 0 spiro atoms. The Kier molecular flexibility index (Phi) is 3.19. The number of hydrogen-bond acceptors (Lipinski definition) is 2. The number of rotatable bonds is 3. The number of hydrogen-bond donors (Lipinski definition) is 2. The molecule has 2 aromatic rings. The van der Waals surface area contributed by atoms with Crippen molar-refractivity contribution in [1.82, 2.24) is 9.97 Å². The standard InChI is InChI=1S/C10H8BrF2N3/c11-6-3-7(12)10(8(13)4-6)16-5-9-14-1-2-15-9/h1-4,16H,5H2,(H,14,15). The quantitative estimate of drug-likeness (QED) is 0.911. The number of nitrogens with one attached hydrogen (secondary N) is 2. The van der Waals surface area contributed by atoms with E-state index >= 15 is 0 Å². The molecule has 0 saturated heterocycles. The van der Waals surface area contributed by atoms with E-state index in [2.05, 4.69) is 31.2 Å². The van der Waals surface area contributed by atoms with Crippen molar-refractivity contribution < 1.29 is 8.78 Å². The molecular weight excluding hydrogens is 280 g/mol. The van der Waals surface area contributed by atoms with Gasteiger partial charge in [0.25, 0.3) is 0 Å². The molecule has 0 radical (unpaired) electrons. The molecule has 0 bridgehead atoms. The molecule has 0 atom stereocenters. The van der Waals surface area contributed by atoms with Crippen LogP contribution in [0.3, 0.4) is 0 Å². The van der Waals surface area contributed by atoms with Crippen molar-refractivity contribution in [2.24, 2.45) is 0 Å². The Bertz CT molecular complexity index is 462. The van der Waals surface area contributed by atoms with Gasteiger partial charge in [-0.05, 0) is 12.1 Å². The SMILES string of the molecule is Fc1cc(Br)cc(F)c1NCc1ncc[nH]1. The molecule has 0 unspecified atom stereocenters. The number of benzene rings is 1. The van der Waals surface area contributed by atoms with Crippen molar-refractivity contribution in [3.8, 4) is 0 Å². The molecule has 0 aliphatic heterocycles. The van der Waals surface area contributed by atoms with Crippen molar-refractivity contribution >= 4 is 21.6 Å². The maximum Gasteiger partial charge on any atom is 0.150 e. The van der Waals surface area contributed by atoms with E-state index in [4.69, 9.17) is 0 Å². The van der Waals surface area contributed by atoms with Gasteiger partial charge in [-0.1, -0.05) is 15.9 Å². The van der Waals surface area contributed by atoms with Crippen LogP contribution >= 0.6 is 15.9 Å². The van der Waals surface area contributed by atoms with Gasteiger partial charge in [-0.2, -0.15) is 0 Å². The molecule has 2 rings (SSSR count). The molecule has 0 fully saturated rings. The summed E-state index contributed by atoms with van der Waals surface area (Å²) in [6.45, 7) is 0.239. The predicted molar refractivity (Wildman–Crippen MR) is 60.0 cm³/mol. The third-order valence-electron chi connectivity index (χ3n) is 1.99. The number of anilines is 1. The second-order valence-electron chi connectivity index (χ2n) is 3.13. The second kappa shape index (κ2) is 4.61. The van der Waals surface area contributed by atoms with Crippen LogP contribution < -0.4 is 5.32 Å². The van der Waals surface area contributed by atoms with E-state index in [0.29, 0.717) is 10.3 Å². The first-order valence-electron chi connectivity index (χ1n) is 4.53. The van der Waals surface area contributed by atoms with Crippen LogP contribution in [0.2, 0.25) is 0 Å². The van der Waals surface area contributed by atoms with Crippen LogP contribution in [0.15, 0.2) is 29.0 Å². The van der Waals surface area contributed by atoms with E-state index in [1.165, 1.54) is 12.1 Å². The zero-order valence-electron chi connectivity index (χ0n) is 8.10. The third kappa shape index (κ3) is 2.38. The fourth-order valence-electron chi connectivity index (χ4n) is 1.28. The fraction of sp³-hybridized carbons (Fsp3) is 0.100. The average molecular weight is 288 g/mol. The number of nitrogens with zero attached hydrogens (tertiary/aromatic N) is 1. The van der Waals surface area contributed by atoms with Gasteiger partial charge in [-0.15, -0.1) is 0 Å². The number of halogens is 3. The highest BCUT2D eigenvalue weighted by molar-refractivity contribution is 9.10. The number of aromatic nitrogens is 2. The van der Waals surface area contributed by atoms with Gasteiger partial charge in [-0.3, -0.25) is 0 Å². The summed E-state index contributed by atoms with van der Waals surface area (Å²) in [5, 5.41) is 2.65. The van der Waals surface area contributed by atoms with Gasteiger partial charge >= 0.3 is 0 Å². The average Bonchev–Trinajstić information content (AvgIpc) is 2.68. The van der Waals surface area contributed by atoms with Gasteiger partial charge in [0.1, 0.15) is 23.1 Å². The van der Waals surface area contributed by atoms with E-state index in [0.717, 1.165) is 0 Å². The van der Waals surface area contributed by atoms with Crippen molar-refractivity contribution in [2.75, 3.05) is 5.32 Å². The summed E-state index contributed by atoms with van der Waals surface area (Å²) in [7, 11) is 0. The van der Waals surface area contributed by atoms with Crippen molar-refractivity contribution in [3.05, 3.63) is 46.5 Å². The molecule has 0 amide bonds. The van der Waals surface area contributed by atoms with Gasteiger partial charge in [0, 0.05) is 16.9 Å². The lowest BCUT2D eigenvalue weighted by molar-refractivity contribution is 0.586. The first-order valence-corrected chi connectivity index (χ1v) is 5.33. The summed E-state index contributed by atoms with van der Waals surface area (Å²) >= 11 is 3.01. The van der Waals surface area contributed by atoms with E-state index in [1.807, 2.05) is 0 Å². The molecular formula is C10H8BrF2N3. The van der Waals surface area contributed by atoms with E-state index in [1.54, 1.807) is 12.4 Å². The summed E-state index contributed by atoms with van der Waals surface area (Å²) < 4.78 is 27.1. The lowest BCUT2D eigenvalue weighted by Gasteiger charge is -2.07. The topological polar surface area (TPSA) is 40.7 Å². The zero-order valence-corrected chi connectivity index (χ0v) is 9.68. The molecule has 0 saturated carbocycles. The fourth-order valence-corrected chi connectivity index (χ4v) is 1.68. The third-order valence-corrected chi connectivity index (χ3v) is 2.45. The van der Waals surface area contributed by atoms with Crippen molar-refractivity contribution in [2.45, 2.75) is 6.54 Å². The van der Waals surface area contributed by atoms with Gasteiger partial charge in [0.15, 0.2) is 0 Å². The van der Waals surface area contributed by atoms with E-state index in [-0.39, 0.29) is 12.2 Å². The van der Waals surface area contributed by atoms with Gasteiger partial charge in [0.05, 0.1) is 6.54 Å². The number of H-pyrrole nitrogens is 1. The Hall–Kier alpha value is -1.43. The molecule has 1 aromatic carbocycles. The smallest absolute Gasteiger partial charge is 0.150 e. The Balaban J connectivity index is 2.15. The van der Waals surface area contributed by atoms with Crippen LogP contribution in [-0.4, -0.2) is 9.97 Å². The van der Waals surface area contributed by atoms with E-state index < -0.39 is 11.6 Å². The Labute approximate surface area is 99.0 Å². The van der Waals surface area contributed by atoms with Gasteiger partial charge in [-0.25, -0.2) is 13.8 Å². The summed E-state index contributed by atoms with van der Waals surface area (Å²) in [5.41, 5.74) is -0.153. The minimum Gasteiger partial charge on any atom is -0.373 e. The largest absolute Gasteiger partial charge is 0.373 e. The van der Waals surface area contributed by atoms with Crippen LogP contribution in [-0.2, 0) is 6.54 Å². The maximum atomic E-state index is 13.4. The first-order chi connectivity index (χ1) is 7.66. The summed E-state index contributed by atoms with van der Waals surface area (Å²) in [6, 6.07) is 2.40. The number of aromatic amines is 1. The summed E-state index contributed by atoms with van der Waals surface area (Å²) in [5.74, 6) is -0.668.